The Hall–Kier alpha value is -3.65. The zero-order valence-electron chi connectivity index (χ0n) is 18.0. The van der Waals surface area contributed by atoms with Gasteiger partial charge in [0.1, 0.15) is 17.3 Å². The molecule has 0 atom stereocenters. The highest BCUT2D eigenvalue weighted by Gasteiger charge is 2.42. The standard InChI is InChI=1S/C22H15F7N2O4S/c1-11-7-13(23)5-6-17(11)35-18-9-12(21(24,25)26)8-16(22(27,28)29)19(18)20(32)31-14-3-2-4-15(10-14)36(30,33)34/h2-10H,1H3,(H,31,32)(H2,30,33,34). The normalized spacial score (nSPS) is 12.4. The molecule has 3 aromatic rings. The van der Waals surface area contributed by atoms with Gasteiger partial charge in [-0.05, 0) is 61.0 Å². The lowest BCUT2D eigenvalue weighted by atomic mass is 10.0. The minimum Gasteiger partial charge on any atom is -0.456 e. The van der Waals surface area contributed by atoms with Crippen LogP contribution in [0.4, 0.5) is 36.4 Å². The highest BCUT2D eigenvalue weighted by molar-refractivity contribution is 7.89. The number of alkyl halides is 6. The second-order valence-electron chi connectivity index (χ2n) is 7.43. The number of carbonyl (C=O) groups excluding carboxylic acids is 1. The van der Waals surface area contributed by atoms with Crippen molar-refractivity contribution in [2.24, 2.45) is 5.14 Å². The van der Waals surface area contributed by atoms with Gasteiger partial charge >= 0.3 is 12.4 Å². The molecule has 1 amide bonds. The van der Waals surface area contributed by atoms with Gasteiger partial charge in [0.05, 0.1) is 21.6 Å². The molecular formula is C22H15F7N2O4S. The summed E-state index contributed by atoms with van der Waals surface area (Å²) >= 11 is 0. The molecule has 0 spiro atoms. The van der Waals surface area contributed by atoms with Crippen LogP contribution < -0.4 is 15.2 Å². The predicted octanol–water partition coefficient (Wildman–Crippen LogP) is 5.86. The van der Waals surface area contributed by atoms with E-state index in [1.54, 1.807) is 0 Å². The van der Waals surface area contributed by atoms with E-state index in [0.717, 1.165) is 42.5 Å². The third-order valence-corrected chi connectivity index (χ3v) is 5.65. The molecule has 6 nitrogen and oxygen atoms in total. The van der Waals surface area contributed by atoms with Gasteiger partial charge in [0.25, 0.3) is 5.91 Å². The van der Waals surface area contributed by atoms with Crippen molar-refractivity contribution in [1.82, 2.24) is 0 Å². The Labute approximate surface area is 199 Å². The van der Waals surface area contributed by atoms with E-state index in [0.29, 0.717) is 0 Å². The van der Waals surface area contributed by atoms with E-state index in [-0.39, 0.29) is 29.1 Å². The number of nitrogens with two attached hydrogens (primary N) is 1. The van der Waals surface area contributed by atoms with Gasteiger partial charge < -0.3 is 10.1 Å². The monoisotopic (exact) mass is 536 g/mol. The van der Waals surface area contributed by atoms with E-state index >= 15 is 0 Å². The summed E-state index contributed by atoms with van der Waals surface area (Å²) in [6.45, 7) is 1.29. The Morgan fingerprint density at radius 3 is 2.14 bits per heavy atom. The smallest absolute Gasteiger partial charge is 0.417 e. The zero-order valence-corrected chi connectivity index (χ0v) is 18.8. The van der Waals surface area contributed by atoms with Gasteiger partial charge in [-0.3, -0.25) is 4.79 Å². The van der Waals surface area contributed by atoms with Gasteiger partial charge in [0, 0.05) is 5.69 Å². The number of carbonyl (C=O) groups is 1. The molecule has 0 saturated carbocycles. The summed E-state index contributed by atoms with van der Waals surface area (Å²) in [5.74, 6) is -3.73. The topological polar surface area (TPSA) is 98.5 Å². The van der Waals surface area contributed by atoms with E-state index in [4.69, 9.17) is 9.88 Å². The molecule has 36 heavy (non-hydrogen) atoms. The van der Waals surface area contributed by atoms with Gasteiger partial charge in [-0.2, -0.15) is 26.3 Å². The van der Waals surface area contributed by atoms with Crippen molar-refractivity contribution in [2.75, 3.05) is 5.32 Å². The van der Waals surface area contributed by atoms with Crippen molar-refractivity contribution in [3.8, 4) is 11.5 Å². The van der Waals surface area contributed by atoms with Crippen molar-refractivity contribution in [1.29, 1.82) is 0 Å². The highest BCUT2D eigenvalue weighted by Crippen LogP contribution is 2.43. The first-order valence-electron chi connectivity index (χ1n) is 9.67. The molecule has 3 aromatic carbocycles. The summed E-state index contributed by atoms with van der Waals surface area (Å²) in [6, 6.07) is 6.85. The average molecular weight is 536 g/mol. The number of benzene rings is 3. The van der Waals surface area contributed by atoms with Gasteiger partial charge in [-0.25, -0.2) is 17.9 Å². The average Bonchev–Trinajstić information content (AvgIpc) is 2.73. The quantitative estimate of drug-likeness (QED) is 0.399. The Morgan fingerprint density at radius 1 is 0.917 bits per heavy atom. The van der Waals surface area contributed by atoms with Crippen molar-refractivity contribution < 1.29 is 48.7 Å². The summed E-state index contributed by atoms with van der Waals surface area (Å²) in [7, 11) is -4.25. The second-order valence-corrected chi connectivity index (χ2v) is 8.99. The number of nitrogens with one attached hydrogen (secondary N) is 1. The van der Waals surface area contributed by atoms with Crippen molar-refractivity contribution in [2.45, 2.75) is 24.2 Å². The molecule has 0 radical (unpaired) electrons. The fraction of sp³-hybridized carbons (Fsp3) is 0.136. The molecule has 0 aliphatic rings. The van der Waals surface area contributed by atoms with Gasteiger partial charge in [0.2, 0.25) is 10.0 Å². The molecule has 0 aromatic heterocycles. The Bertz CT molecular complexity index is 1440. The summed E-state index contributed by atoms with van der Waals surface area (Å²) in [5.41, 5.74) is -5.33. The molecule has 0 saturated heterocycles. The maximum absolute atomic E-state index is 13.8. The van der Waals surface area contributed by atoms with E-state index in [1.807, 2.05) is 5.32 Å². The lowest BCUT2D eigenvalue weighted by Gasteiger charge is -2.20. The number of rotatable bonds is 5. The minimum absolute atomic E-state index is 0.0215. The van der Waals surface area contributed by atoms with Crippen LogP contribution in [0.3, 0.4) is 0 Å². The molecule has 3 N–H and O–H groups in total. The van der Waals surface area contributed by atoms with Crippen LogP contribution in [0.1, 0.15) is 27.0 Å². The van der Waals surface area contributed by atoms with Gasteiger partial charge in [-0.1, -0.05) is 6.07 Å². The van der Waals surface area contributed by atoms with Crippen molar-refractivity contribution >= 4 is 21.6 Å². The fourth-order valence-corrected chi connectivity index (χ4v) is 3.67. The summed E-state index contributed by atoms with van der Waals surface area (Å²) in [5, 5.41) is 7.01. The number of ether oxygens (including phenoxy) is 1. The molecule has 0 heterocycles. The molecule has 14 heteroatoms. The number of amides is 1. The van der Waals surface area contributed by atoms with Crippen LogP contribution in [0, 0.1) is 12.7 Å². The number of hydrogen-bond donors (Lipinski definition) is 2. The number of anilines is 1. The Kier molecular flexibility index (Phi) is 7.06. The van der Waals surface area contributed by atoms with E-state index in [1.165, 1.54) is 6.92 Å². The summed E-state index contributed by atoms with van der Waals surface area (Å²) in [6.07, 6.45) is -10.7. The minimum atomic E-state index is -5.44. The first-order valence-corrected chi connectivity index (χ1v) is 11.2. The van der Waals surface area contributed by atoms with E-state index in [9.17, 15) is 43.9 Å². The molecule has 0 aliphatic heterocycles. The second kappa shape index (κ2) is 9.43. The number of aryl methyl sites for hydroxylation is 1. The van der Waals surface area contributed by atoms with E-state index in [2.05, 4.69) is 0 Å². The van der Waals surface area contributed by atoms with Gasteiger partial charge in [-0.15, -0.1) is 0 Å². The van der Waals surface area contributed by atoms with Crippen LogP contribution in [-0.2, 0) is 22.4 Å². The number of primary sulfonamides is 1. The molecular weight excluding hydrogens is 521 g/mol. The lowest BCUT2D eigenvalue weighted by Crippen LogP contribution is -2.22. The summed E-state index contributed by atoms with van der Waals surface area (Å²) < 4.78 is 123. The molecule has 0 unspecified atom stereocenters. The van der Waals surface area contributed by atoms with Crippen LogP contribution in [0.25, 0.3) is 0 Å². The summed E-state index contributed by atoms with van der Waals surface area (Å²) in [4.78, 5) is 12.5. The highest BCUT2D eigenvalue weighted by atomic mass is 32.2. The number of halogens is 7. The van der Waals surface area contributed by atoms with Crippen LogP contribution in [0.15, 0.2) is 59.5 Å². The Balaban J connectivity index is 2.21. The first kappa shape index (κ1) is 26.9. The molecule has 0 aliphatic carbocycles. The first-order chi connectivity index (χ1) is 16.5. The third kappa shape index (κ3) is 6.12. The maximum atomic E-state index is 13.8. The lowest BCUT2D eigenvalue weighted by molar-refractivity contribution is -0.143. The molecule has 0 bridgehead atoms. The van der Waals surface area contributed by atoms with Crippen LogP contribution in [0.5, 0.6) is 11.5 Å². The van der Waals surface area contributed by atoms with E-state index < -0.39 is 61.4 Å². The van der Waals surface area contributed by atoms with Crippen LogP contribution >= 0.6 is 0 Å². The fourth-order valence-electron chi connectivity index (χ4n) is 3.11. The SMILES string of the molecule is Cc1cc(F)ccc1Oc1cc(C(F)(F)F)cc(C(F)(F)F)c1C(=O)Nc1cccc(S(N)(=O)=O)c1. The largest absolute Gasteiger partial charge is 0.456 e. The number of hydrogen-bond acceptors (Lipinski definition) is 4. The Morgan fingerprint density at radius 2 is 1.58 bits per heavy atom. The van der Waals surface area contributed by atoms with Gasteiger partial charge in [0.15, 0.2) is 0 Å². The third-order valence-electron chi connectivity index (χ3n) is 4.74. The zero-order chi connectivity index (χ0) is 27.1. The number of sulfonamides is 1. The molecule has 192 valence electrons. The van der Waals surface area contributed by atoms with Crippen LogP contribution in [0.2, 0.25) is 0 Å². The molecule has 0 fully saturated rings. The molecule has 3 rings (SSSR count). The maximum Gasteiger partial charge on any atom is 0.417 e. The van der Waals surface area contributed by atoms with Crippen molar-refractivity contribution in [3.63, 3.8) is 0 Å². The van der Waals surface area contributed by atoms with Crippen LogP contribution in [-0.4, -0.2) is 14.3 Å². The van der Waals surface area contributed by atoms with Crippen molar-refractivity contribution in [3.05, 3.63) is 82.7 Å². The predicted molar refractivity (Wildman–Crippen MR) is 113 cm³/mol.